The predicted octanol–water partition coefficient (Wildman–Crippen LogP) is 5.15. The summed E-state index contributed by atoms with van der Waals surface area (Å²) in [7, 11) is 1.54. The molecule has 30 heavy (non-hydrogen) atoms. The van der Waals surface area contributed by atoms with Crippen molar-refractivity contribution in [1.29, 1.82) is 0 Å². The molecule has 3 rings (SSSR count). The van der Waals surface area contributed by atoms with Gasteiger partial charge in [0.15, 0.2) is 11.5 Å². The Labute approximate surface area is 179 Å². The van der Waals surface area contributed by atoms with Crippen LogP contribution in [0.4, 0.5) is 5.69 Å². The van der Waals surface area contributed by atoms with E-state index in [9.17, 15) is 4.79 Å². The first kappa shape index (κ1) is 21.4. The van der Waals surface area contributed by atoms with Gasteiger partial charge in [0, 0.05) is 18.6 Å². The number of rotatable bonds is 7. The Balaban J connectivity index is 1.78. The van der Waals surface area contributed by atoms with Gasteiger partial charge in [0.25, 0.3) is 0 Å². The number of hydrogen-bond acceptors (Lipinski definition) is 6. The molecule has 1 heterocycles. The molecule has 8 heteroatoms. The molecule has 0 aliphatic carbocycles. The van der Waals surface area contributed by atoms with E-state index in [1.165, 1.54) is 13.2 Å². The Morgan fingerprint density at radius 1 is 1.27 bits per heavy atom. The zero-order valence-corrected chi connectivity index (χ0v) is 17.9. The molecule has 1 N–H and O–H groups in total. The van der Waals surface area contributed by atoms with Gasteiger partial charge in [-0.25, -0.2) is 0 Å². The molecule has 1 amide bonds. The Morgan fingerprint density at radius 3 is 2.70 bits per heavy atom. The SMILES string of the molecule is COc1cc(/C=C/C(=O)Nc2ccccc2-c2noc(C)n2)cc(Cl)c1OC(C)C. The Kier molecular flexibility index (Phi) is 6.74. The number of nitrogens with one attached hydrogen (secondary N) is 1. The number of methoxy groups -OCH3 is 1. The van der Waals surface area contributed by atoms with E-state index >= 15 is 0 Å². The quantitative estimate of drug-likeness (QED) is 0.525. The van der Waals surface area contributed by atoms with Crippen molar-refractivity contribution in [2.45, 2.75) is 26.9 Å². The van der Waals surface area contributed by atoms with Crippen molar-refractivity contribution in [3.05, 3.63) is 59.0 Å². The van der Waals surface area contributed by atoms with Crippen LogP contribution in [0.2, 0.25) is 5.02 Å². The molecule has 1 aromatic heterocycles. The summed E-state index contributed by atoms with van der Waals surface area (Å²) in [6.07, 6.45) is 3.00. The molecule has 0 bridgehead atoms. The zero-order valence-electron chi connectivity index (χ0n) is 17.1. The predicted molar refractivity (Wildman–Crippen MR) is 116 cm³/mol. The van der Waals surface area contributed by atoms with Crippen LogP contribution in [-0.4, -0.2) is 29.3 Å². The van der Waals surface area contributed by atoms with E-state index in [2.05, 4.69) is 15.5 Å². The van der Waals surface area contributed by atoms with Crippen molar-refractivity contribution in [1.82, 2.24) is 10.1 Å². The summed E-state index contributed by atoms with van der Waals surface area (Å²) in [4.78, 5) is 16.7. The van der Waals surface area contributed by atoms with Gasteiger partial charge < -0.3 is 19.3 Å². The number of halogens is 1. The highest BCUT2D eigenvalue weighted by atomic mass is 35.5. The Bertz CT molecular complexity index is 1080. The van der Waals surface area contributed by atoms with Crippen LogP contribution in [0.25, 0.3) is 17.5 Å². The van der Waals surface area contributed by atoms with E-state index < -0.39 is 0 Å². The zero-order chi connectivity index (χ0) is 21.7. The molecule has 0 spiro atoms. The summed E-state index contributed by atoms with van der Waals surface area (Å²) in [5.74, 6) is 1.50. The molecule has 3 aromatic rings. The van der Waals surface area contributed by atoms with Crippen LogP contribution in [0.1, 0.15) is 25.3 Å². The van der Waals surface area contributed by atoms with Crippen LogP contribution >= 0.6 is 11.6 Å². The second-order valence-electron chi connectivity index (χ2n) is 6.71. The maximum absolute atomic E-state index is 12.5. The van der Waals surface area contributed by atoms with Gasteiger partial charge in [0.2, 0.25) is 17.6 Å². The molecule has 0 saturated carbocycles. The highest BCUT2D eigenvalue weighted by Gasteiger charge is 2.14. The van der Waals surface area contributed by atoms with E-state index in [1.54, 1.807) is 31.2 Å². The molecule has 7 nitrogen and oxygen atoms in total. The van der Waals surface area contributed by atoms with Gasteiger partial charge in [-0.15, -0.1) is 0 Å². The molecule has 0 unspecified atom stereocenters. The summed E-state index contributed by atoms with van der Waals surface area (Å²) in [5, 5.41) is 7.15. The number of nitrogens with zero attached hydrogens (tertiary/aromatic N) is 2. The Morgan fingerprint density at radius 2 is 2.03 bits per heavy atom. The van der Waals surface area contributed by atoms with Crippen LogP contribution < -0.4 is 14.8 Å². The lowest BCUT2D eigenvalue weighted by Crippen LogP contribution is -2.09. The first-order valence-electron chi connectivity index (χ1n) is 9.30. The molecule has 0 radical (unpaired) electrons. The second kappa shape index (κ2) is 9.45. The maximum Gasteiger partial charge on any atom is 0.248 e. The van der Waals surface area contributed by atoms with Gasteiger partial charge in [0.05, 0.1) is 23.9 Å². The van der Waals surface area contributed by atoms with Gasteiger partial charge in [-0.2, -0.15) is 4.98 Å². The minimum atomic E-state index is -0.319. The van der Waals surface area contributed by atoms with E-state index in [-0.39, 0.29) is 12.0 Å². The number of carbonyl (C=O) groups is 1. The van der Waals surface area contributed by atoms with Gasteiger partial charge in [-0.05, 0) is 49.8 Å². The van der Waals surface area contributed by atoms with E-state index in [4.69, 9.17) is 25.6 Å². The number of anilines is 1. The summed E-state index contributed by atoms with van der Waals surface area (Å²) >= 11 is 6.33. The van der Waals surface area contributed by atoms with Crippen LogP contribution in [-0.2, 0) is 4.79 Å². The smallest absolute Gasteiger partial charge is 0.248 e. The van der Waals surface area contributed by atoms with Crippen LogP contribution in [0.3, 0.4) is 0 Å². The molecule has 0 fully saturated rings. The van der Waals surface area contributed by atoms with Crippen molar-refractivity contribution < 1.29 is 18.8 Å². The monoisotopic (exact) mass is 427 g/mol. The van der Waals surface area contributed by atoms with Crippen molar-refractivity contribution in [2.24, 2.45) is 0 Å². The largest absolute Gasteiger partial charge is 0.493 e. The summed E-state index contributed by atoms with van der Waals surface area (Å²) in [6.45, 7) is 5.51. The third kappa shape index (κ3) is 5.18. The number of para-hydroxylation sites is 1. The molecule has 0 saturated heterocycles. The van der Waals surface area contributed by atoms with Crippen molar-refractivity contribution in [3.63, 3.8) is 0 Å². The minimum absolute atomic E-state index is 0.0494. The summed E-state index contributed by atoms with van der Waals surface area (Å²) in [6, 6.07) is 10.7. The van der Waals surface area contributed by atoms with Gasteiger partial charge in [-0.3, -0.25) is 4.79 Å². The Hall–Kier alpha value is -3.32. The van der Waals surface area contributed by atoms with Crippen LogP contribution in [0.15, 0.2) is 47.0 Å². The highest BCUT2D eigenvalue weighted by molar-refractivity contribution is 6.32. The summed E-state index contributed by atoms with van der Waals surface area (Å²) in [5.41, 5.74) is 1.94. The van der Waals surface area contributed by atoms with Crippen LogP contribution in [0, 0.1) is 6.92 Å². The molecule has 0 aliphatic heterocycles. The lowest BCUT2D eigenvalue weighted by molar-refractivity contribution is -0.111. The lowest BCUT2D eigenvalue weighted by Gasteiger charge is -2.15. The van der Waals surface area contributed by atoms with Crippen molar-refractivity contribution >= 4 is 29.3 Å². The number of carbonyl (C=O) groups excluding carboxylic acids is 1. The fraction of sp³-hybridized carbons (Fsp3) is 0.227. The number of benzene rings is 2. The molecule has 0 atom stereocenters. The van der Waals surface area contributed by atoms with E-state index in [0.717, 1.165) is 0 Å². The average Bonchev–Trinajstić information content (AvgIpc) is 3.14. The normalized spacial score (nSPS) is 11.1. The van der Waals surface area contributed by atoms with Gasteiger partial charge >= 0.3 is 0 Å². The number of amides is 1. The van der Waals surface area contributed by atoms with E-state index in [1.807, 2.05) is 32.0 Å². The molecule has 0 aliphatic rings. The van der Waals surface area contributed by atoms with Crippen LogP contribution in [0.5, 0.6) is 11.5 Å². The van der Waals surface area contributed by atoms with Gasteiger partial charge in [0.1, 0.15) is 0 Å². The van der Waals surface area contributed by atoms with Gasteiger partial charge in [-0.1, -0.05) is 28.9 Å². The molecular weight excluding hydrogens is 406 g/mol. The first-order chi connectivity index (χ1) is 14.4. The maximum atomic E-state index is 12.5. The van der Waals surface area contributed by atoms with Crippen molar-refractivity contribution in [3.8, 4) is 22.9 Å². The second-order valence-corrected chi connectivity index (χ2v) is 7.11. The number of aryl methyl sites for hydroxylation is 1. The third-order valence-electron chi connectivity index (χ3n) is 3.99. The average molecular weight is 428 g/mol. The lowest BCUT2D eigenvalue weighted by atomic mass is 10.1. The number of aromatic nitrogens is 2. The standard InChI is InChI=1S/C22H22ClN3O4/c1-13(2)29-21-17(23)11-15(12-19(21)28-4)9-10-20(27)25-18-8-6-5-7-16(18)22-24-14(3)30-26-22/h5-13H,1-4H3,(H,25,27)/b10-9+. The minimum Gasteiger partial charge on any atom is -0.493 e. The number of ether oxygens (including phenoxy) is 2. The highest BCUT2D eigenvalue weighted by Crippen LogP contribution is 2.37. The molecular formula is C22H22ClN3O4. The number of hydrogen-bond donors (Lipinski definition) is 1. The topological polar surface area (TPSA) is 86.5 Å². The molecule has 2 aromatic carbocycles. The fourth-order valence-electron chi connectivity index (χ4n) is 2.73. The first-order valence-corrected chi connectivity index (χ1v) is 9.68. The third-order valence-corrected chi connectivity index (χ3v) is 4.27. The van der Waals surface area contributed by atoms with Crippen molar-refractivity contribution in [2.75, 3.05) is 12.4 Å². The fourth-order valence-corrected chi connectivity index (χ4v) is 2.99. The molecule has 156 valence electrons. The van der Waals surface area contributed by atoms with E-state index in [0.29, 0.717) is 45.1 Å². The summed E-state index contributed by atoms with van der Waals surface area (Å²) < 4.78 is 16.1.